The molecule has 6 nitrogen and oxygen atoms in total. The number of furan rings is 1. The number of amides is 1. The normalized spacial score (nSPS) is 10.7. The molecule has 0 aliphatic carbocycles. The fourth-order valence-corrected chi connectivity index (χ4v) is 3.22. The summed E-state index contributed by atoms with van der Waals surface area (Å²) in [5, 5.41) is 7.16. The minimum absolute atomic E-state index is 0.206. The third-order valence-corrected chi connectivity index (χ3v) is 4.92. The standard InChI is InChI=1S/C23H20BrN3O3/c1-16-3-2-4-17(13-16)14-27-12-11-22(26-27)25-23(28)21-10-9-20(30-21)15-29-19-7-5-18(24)6-8-19/h2-13H,14-15H2,1H3,(H,25,26,28). The molecule has 0 aliphatic heterocycles. The first-order valence-corrected chi connectivity index (χ1v) is 10.2. The lowest BCUT2D eigenvalue weighted by Gasteiger charge is -2.04. The number of halogens is 1. The number of nitrogens with one attached hydrogen (secondary N) is 1. The van der Waals surface area contributed by atoms with E-state index in [0.29, 0.717) is 18.1 Å². The molecule has 1 N–H and O–H groups in total. The van der Waals surface area contributed by atoms with Crippen LogP contribution in [0, 0.1) is 6.92 Å². The fourth-order valence-electron chi connectivity index (χ4n) is 2.95. The predicted octanol–water partition coefficient (Wildman–Crippen LogP) is 5.43. The van der Waals surface area contributed by atoms with Crippen molar-refractivity contribution in [3.8, 4) is 5.75 Å². The van der Waals surface area contributed by atoms with E-state index in [0.717, 1.165) is 15.8 Å². The zero-order valence-corrected chi connectivity index (χ0v) is 17.9. The molecule has 0 unspecified atom stereocenters. The summed E-state index contributed by atoms with van der Waals surface area (Å²) in [5.74, 6) is 1.60. The van der Waals surface area contributed by atoms with Gasteiger partial charge < -0.3 is 14.5 Å². The number of carbonyl (C=O) groups is 1. The fraction of sp³-hybridized carbons (Fsp3) is 0.130. The van der Waals surface area contributed by atoms with E-state index >= 15 is 0 Å². The Balaban J connectivity index is 1.33. The van der Waals surface area contributed by atoms with Crippen LogP contribution in [-0.4, -0.2) is 15.7 Å². The minimum atomic E-state index is -0.356. The van der Waals surface area contributed by atoms with Gasteiger partial charge in [0.25, 0.3) is 5.91 Å². The van der Waals surface area contributed by atoms with Crippen LogP contribution in [0.1, 0.15) is 27.4 Å². The number of hydrogen-bond donors (Lipinski definition) is 1. The van der Waals surface area contributed by atoms with Gasteiger partial charge in [-0.1, -0.05) is 45.8 Å². The maximum Gasteiger partial charge on any atom is 0.292 e. The molecule has 1 amide bonds. The van der Waals surface area contributed by atoms with Gasteiger partial charge in [0.2, 0.25) is 0 Å². The summed E-state index contributed by atoms with van der Waals surface area (Å²) in [6.07, 6.45) is 1.83. The molecule has 0 fully saturated rings. The van der Waals surface area contributed by atoms with Crippen molar-refractivity contribution in [2.24, 2.45) is 0 Å². The summed E-state index contributed by atoms with van der Waals surface area (Å²) < 4.78 is 14.0. The molecule has 0 spiro atoms. The number of nitrogens with zero attached hydrogens (tertiary/aromatic N) is 2. The number of carbonyl (C=O) groups excluding carboxylic acids is 1. The van der Waals surface area contributed by atoms with Crippen LogP contribution < -0.4 is 10.1 Å². The maximum atomic E-state index is 12.5. The third kappa shape index (κ3) is 5.18. The summed E-state index contributed by atoms with van der Waals surface area (Å²) in [6, 6.07) is 20.8. The van der Waals surface area contributed by atoms with Gasteiger partial charge >= 0.3 is 0 Å². The van der Waals surface area contributed by atoms with Gasteiger partial charge in [-0.2, -0.15) is 5.10 Å². The second kappa shape index (κ2) is 9.00. The Morgan fingerprint density at radius 3 is 2.77 bits per heavy atom. The van der Waals surface area contributed by atoms with E-state index < -0.39 is 0 Å². The van der Waals surface area contributed by atoms with E-state index in [1.54, 1.807) is 22.9 Å². The molecule has 30 heavy (non-hydrogen) atoms. The quantitative estimate of drug-likeness (QED) is 0.395. The molecule has 4 aromatic rings. The summed E-state index contributed by atoms with van der Waals surface area (Å²) in [4.78, 5) is 12.5. The van der Waals surface area contributed by atoms with Gasteiger partial charge in [0.15, 0.2) is 11.6 Å². The first-order chi connectivity index (χ1) is 14.5. The number of aromatic nitrogens is 2. The highest BCUT2D eigenvalue weighted by atomic mass is 79.9. The van der Waals surface area contributed by atoms with Crippen LogP contribution in [0.2, 0.25) is 0 Å². The molecule has 0 atom stereocenters. The number of hydrogen-bond acceptors (Lipinski definition) is 4. The van der Waals surface area contributed by atoms with Crippen LogP contribution in [0.4, 0.5) is 5.82 Å². The largest absolute Gasteiger partial charge is 0.486 e. The lowest BCUT2D eigenvalue weighted by molar-refractivity contribution is 0.0992. The van der Waals surface area contributed by atoms with Crippen molar-refractivity contribution in [3.05, 3.63) is 100 Å². The predicted molar refractivity (Wildman–Crippen MR) is 118 cm³/mol. The molecule has 0 saturated heterocycles. The monoisotopic (exact) mass is 465 g/mol. The van der Waals surface area contributed by atoms with Gasteiger partial charge in [-0.3, -0.25) is 9.48 Å². The first-order valence-electron chi connectivity index (χ1n) is 9.42. The van der Waals surface area contributed by atoms with Crippen LogP contribution in [0.3, 0.4) is 0 Å². The number of anilines is 1. The zero-order valence-electron chi connectivity index (χ0n) is 16.3. The lowest BCUT2D eigenvalue weighted by Crippen LogP contribution is -2.12. The molecule has 2 aromatic carbocycles. The van der Waals surface area contributed by atoms with Crippen LogP contribution >= 0.6 is 15.9 Å². The van der Waals surface area contributed by atoms with E-state index in [4.69, 9.17) is 9.15 Å². The third-order valence-electron chi connectivity index (χ3n) is 4.39. The molecule has 7 heteroatoms. The summed E-state index contributed by atoms with van der Waals surface area (Å²) in [7, 11) is 0. The van der Waals surface area contributed by atoms with Gasteiger partial charge in [0.05, 0.1) is 6.54 Å². The Kier molecular flexibility index (Phi) is 5.99. The van der Waals surface area contributed by atoms with Crippen molar-refractivity contribution in [2.45, 2.75) is 20.1 Å². The minimum Gasteiger partial charge on any atom is -0.486 e. The highest BCUT2D eigenvalue weighted by Gasteiger charge is 2.13. The smallest absolute Gasteiger partial charge is 0.292 e. The molecule has 0 radical (unpaired) electrons. The van der Waals surface area contributed by atoms with E-state index in [9.17, 15) is 4.79 Å². The highest BCUT2D eigenvalue weighted by Crippen LogP contribution is 2.18. The molecule has 0 saturated carbocycles. The Morgan fingerprint density at radius 2 is 1.97 bits per heavy atom. The summed E-state index contributed by atoms with van der Waals surface area (Å²) in [5.41, 5.74) is 2.35. The Morgan fingerprint density at radius 1 is 1.13 bits per heavy atom. The van der Waals surface area contributed by atoms with Crippen LogP contribution in [0.15, 0.2) is 81.8 Å². The van der Waals surface area contributed by atoms with E-state index in [1.165, 1.54) is 5.56 Å². The Bertz CT molecular complexity index is 1150. The molecule has 0 aliphatic rings. The lowest BCUT2D eigenvalue weighted by atomic mass is 10.1. The Labute approximate surface area is 182 Å². The van der Waals surface area contributed by atoms with Gasteiger partial charge in [0.1, 0.15) is 18.1 Å². The van der Waals surface area contributed by atoms with Gasteiger partial charge in [0, 0.05) is 16.7 Å². The van der Waals surface area contributed by atoms with Crippen molar-refractivity contribution in [1.82, 2.24) is 9.78 Å². The molecule has 2 heterocycles. The van der Waals surface area contributed by atoms with Crippen molar-refractivity contribution < 1.29 is 13.9 Å². The molecular formula is C23H20BrN3O3. The maximum absolute atomic E-state index is 12.5. The van der Waals surface area contributed by atoms with E-state index in [1.807, 2.05) is 42.6 Å². The average molecular weight is 466 g/mol. The van der Waals surface area contributed by atoms with Crippen LogP contribution in [0.5, 0.6) is 5.75 Å². The molecule has 4 rings (SSSR count). The number of ether oxygens (including phenoxy) is 1. The van der Waals surface area contributed by atoms with E-state index in [2.05, 4.69) is 45.4 Å². The number of aryl methyl sites for hydroxylation is 1. The highest BCUT2D eigenvalue weighted by molar-refractivity contribution is 9.10. The van der Waals surface area contributed by atoms with E-state index in [-0.39, 0.29) is 18.3 Å². The molecular weight excluding hydrogens is 446 g/mol. The average Bonchev–Trinajstić information content (AvgIpc) is 3.37. The van der Waals surface area contributed by atoms with Gasteiger partial charge in [-0.05, 0) is 48.9 Å². The number of benzene rings is 2. The summed E-state index contributed by atoms with van der Waals surface area (Å²) in [6.45, 7) is 2.93. The molecule has 2 aromatic heterocycles. The molecule has 152 valence electrons. The van der Waals surface area contributed by atoms with Crippen LogP contribution in [0.25, 0.3) is 0 Å². The van der Waals surface area contributed by atoms with Gasteiger partial charge in [-0.25, -0.2) is 0 Å². The van der Waals surface area contributed by atoms with Crippen molar-refractivity contribution >= 4 is 27.7 Å². The van der Waals surface area contributed by atoms with Crippen molar-refractivity contribution in [3.63, 3.8) is 0 Å². The molecule has 0 bridgehead atoms. The summed E-state index contributed by atoms with van der Waals surface area (Å²) >= 11 is 3.38. The Hall–Kier alpha value is -3.32. The SMILES string of the molecule is Cc1cccc(Cn2ccc(NC(=O)c3ccc(COc4ccc(Br)cc4)o3)n2)c1. The second-order valence-electron chi connectivity index (χ2n) is 6.85. The first kappa shape index (κ1) is 20.0. The van der Waals surface area contributed by atoms with Crippen molar-refractivity contribution in [2.75, 3.05) is 5.32 Å². The van der Waals surface area contributed by atoms with Crippen molar-refractivity contribution in [1.29, 1.82) is 0 Å². The zero-order chi connectivity index (χ0) is 20.9. The topological polar surface area (TPSA) is 69.3 Å². The van der Waals surface area contributed by atoms with Crippen LogP contribution in [-0.2, 0) is 13.2 Å². The number of rotatable bonds is 7. The van der Waals surface area contributed by atoms with Gasteiger partial charge in [-0.15, -0.1) is 0 Å². The second-order valence-corrected chi connectivity index (χ2v) is 7.77.